The first-order chi connectivity index (χ1) is 9.66. The highest BCUT2D eigenvalue weighted by atomic mass is 16.2. The van der Waals surface area contributed by atoms with Gasteiger partial charge in [0.15, 0.2) is 0 Å². The number of hydrogen-bond donors (Lipinski definition) is 2. The quantitative estimate of drug-likeness (QED) is 0.829. The van der Waals surface area contributed by atoms with Crippen molar-refractivity contribution in [1.29, 1.82) is 0 Å². The first-order valence-corrected chi connectivity index (χ1v) is 7.76. The fraction of sp³-hybridized carbons (Fsp3) is 0.588. The van der Waals surface area contributed by atoms with Crippen LogP contribution in [0.4, 0.5) is 0 Å². The van der Waals surface area contributed by atoms with Crippen LogP contribution in [0.5, 0.6) is 0 Å². The number of nitrogens with two attached hydrogens (primary N) is 1. The van der Waals surface area contributed by atoms with E-state index in [4.69, 9.17) is 5.73 Å². The van der Waals surface area contributed by atoms with Crippen LogP contribution in [0.2, 0.25) is 0 Å². The summed E-state index contributed by atoms with van der Waals surface area (Å²) in [6.45, 7) is 2.06. The van der Waals surface area contributed by atoms with Crippen LogP contribution >= 0.6 is 0 Å². The Morgan fingerprint density at radius 3 is 2.70 bits per heavy atom. The summed E-state index contributed by atoms with van der Waals surface area (Å²) in [5, 5.41) is 3.14. The second-order valence-corrected chi connectivity index (χ2v) is 6.01. The molecule has 0 heterocycles. The van der Waals surface area contributed by atoms with E-state index in [2.05, 4.69) is 24.4 Å². The van der Waals surface area contributed by atoms with Gasteiger partial charge in [0.1, 0.15) is 0 Å². The Labute approximate surface area is 121 Å². The molecule has 1 aromatic rings. The maximum absolute atomic E-state index is 12.4. The average Bonchev–Trinajstić information content (AvgIpc) is 2.64. The molecule has 20 heavy (non-hydrogen) atoms. The number of carbonyl (C=O) groups is 1. The van der Waals surface area contributed by atoms with Crippen LogP contribution < -0.4 is 11.1 Å². The van der Waals surface area contributed by atoms with E-state index in [0.29, 0.717) is 0 Å². The molecule has 1 fully saturated rings. The number of nitrogens with one attached hydrogen (secondary N) is 1. The second-order valence-electron chi connectivity index (χ2n) is 6.01. The Balaban J connectivity index is 1.86. The molecule has 1 aliphatic carbocycles. The normalized spacial score (nSPS) is 24.7. The predicted octanol–water partition coefficient (Wildman–Crippen LogP) is 2.64. The van der Waals surface area contributed by atoms with E-state index >= 15 is 0 Å². The van der Waals surface area contributed by atoms with Crippen molar-refractivity contribution in [3.8, 4) is 0 Å². The van der Waals surface area contributed by atoms with Gasteiger partial charge < -0.3 is 11.1 Å². The van der Waals surface area contributed by atoms with Gasteiger partial charge in [-0.2, -0.15) is 0 Å². The van der Waals surface area contributed by atoms with E-state index in [-0.39, 0.29) is 23.9 Å². The van der Waals surface area contributed by atoms with Gasteiger partial charge in [0.25, 0.3) is 0 Å². The molecule has 0 saturated heterocycles. The molecule has 0 bridgehead atoms. The molecule has 110 valence electrons. The van der Waals surface area contributed by atoms with Gasteiger partial charge in [-0.3, -0.25) is 4.79 Å². The van der Waals surface area contributed by atoms with Crippen molar-refractivity contribution >= 4 is 5.91 Å². The zero-order valence-corrected chi connectivity index (χ0v) is 12.3. The van der Waals surface area contributed by atoms with E-state index in [1.807, 2.05) is 18.2 Å². The zero-order valence-electron chi connectivity index (χ0n) is 12.3. The summed E-state index contributed by atoms with van der Waals surface area (Å²) >= 11 is 0. The van der Waals surface area contributed by atoms with Crippen LogP contribution in [0.15, 0.2) is 30.3 Å². The molecule has 0 aliphatic heterocycles. The van der Waals surface area contributed by atoms with Gasteiger partial charge in [0.05, 0.1) is 5.92 Å². The molecular formula is C17H26N2O. The molecule has 1 aromatic carbocycles. The first-order valence-electron chi connectivity index (χ1n) is 7.76. The lowest BCUT2D eigenvalue weighted by atomic mass is 9.94. The van der Waals surface area contributed by atoms with Gasteiger partial charge in [-0.1, -0.05) is 49.6 Å². The van der Waals surface area contributed by atoms with E-state index < -0.39 is 0 Å². The SMILES string of the molecule is CC(Cc1ccccc1)NC(=O)C1CCCCCC1N. The molecule has 1 amide bonds. The van der Waals surface area contributed by atoms with E-state index in [0.717, 1.165) is 32.1 Å². The smallest absolute Gasteiger partial charge is 0.224 e. The molecule has 2 rings (SSSR count). The van der Waals surface area contributed by atoms with Gasteiger partial charge in [-0.25, -0.2) is 0 Å². The van der Waals surface area contributed by atoms with Gasteiger partial charge in [-0.15, -0.1) is 0 Å². The minimum Gasteiger partial charge on any atom is -0.353 e. The number of rotatable bonds is 4. The summed E-state index contributed by atoms with van der Waals surface area (Å²) in [6.07, 6.45) is 6.27. The number of benzene rings is 1. The first kappa shape index (κ1) is 15.0. The van der Waals surface area contributed by atoms with Crippen molar-refractivity contribution in [1.82, 2.24) is 5.32 Å². The number of hydrogen-bond acceptors (Lipinski definition) is 2. The maximum Gasteiger partial charge on any atom is 0.224 e. The average molecular weight is 274 g/mol. The monoisotopic (exact) mass is 274 g/mol. The third kappa shape index (κ3) is 4.34. The Hall–Kier alpha value is -1.35. The van der Waals surface area contributed by atoms with Crippen molar-refractivity contribution in [3.63, 3.8) is 0 Å². The van der Waals surface area contributed by atoms with E-state index in [1.54, 1.807) is 0 Å². The number of carbonyl (C=O) groups excluding carboxylic acids is 1. The van der Waals surface area contributed by atoms with Crippen LogP contribution in [0.1, 0.15) is 44.6 Å². The molecule has 1 saturated carbocycles. The van der Waals surface area contributed by atoms with E-state index in [9.17, 15) is 4.79 Å². The molecule has 0 radical (unpaired) electrons. The van der Waals surface area contributed by atoms with Crippen LogP contribution in [-0.2, 0) is 11.2 Å². The molecule has 1 aliphatic rings. The van der Waals surface area contributed by atoms with Crippen molar-refractivity contribution in [2.45, 2.75) is 57.5 Å². The van der Waals surface area contributed by atoms with Crippen molar-refractivity contribution in [2.75, 3.05) is 0 Å². The molecule has 3 nitrogen and oxygen atoms in total. The van der Waals surface area contributed by atoms with E-state index in [1.165, 1.54) is 12.0 Å². The Kier molecular flexibility index (Phi) is 5.60. The lowest BCUT2D eigenvalue weighted by molar-refractivity contribution is -0.126. The lowest BCUT2D eigenvalue weighted by Gasteiger charge is -2.23. The third-order valence-corrected chi connectivity index (χ3v) is 4.18. The molecule has 3 unspecified atom stereocenters. The molecule has 3 N–H and O–H groups in total. The zero-order chi connectivity index (χ0) is 14.4. The van der Waals surface area contributed by atoms with Crippen LogP contribution in [0.25, 0.3) is 0 Å². The number of amides is 1. The molecule has 0 aromatic heterocycles. The largest absolute Gasteiger partial charge is 0.353 e. The van der Waals surface area contributed by atoms with Crippen molar-refractivity contribution in [3.05, 3.63) is 35.9 Å². The molecule has 3 heteroatoms. The van der Waals surface area contributed by atoms with Gasteiger partial charge in [0.2, 0.25) is 5.91 Å². The molecule has 3 atom stereocenters. The van der Waals surface area contributed by atoms with Crippen LogP contribution in [0, 0.1) is 5.92 Å². The van der Waals surface area contributed by atoms with Crippen molar-refractivity contribution < 1.29 is 4.79 Å². The highest BCUT2D eigenvalue weighted by molar-refractivity contribution is 5.79. The minimum atomic E-state index is -0.00396. The Morgan fingerprint density at radius 1 is 1.25 bits per heavy atom. The summed E-state index contributed by atoms with van der Waals surface area (Å²) in [5.41, 5.74) is 7.40. The minimum absolute atomic E-state index is 0.00396. The van der Waals surface area contributed by atoms with Crippen LogP contribution in [0.3, 0.4) is 0 Å². The maximum atomic E-state index is 12.4. The van der Waals surface area contributed by atoms with Crippen molar-refractivity contribution in [2.24, 2.45) is 11.7 Å². The Bertz CT molecular complexity index is 418. The summed E-state index contributed by atoms with van der Waals surface area (Å²) in [5.74, 6) is 0.138. The highest BCUT2D eigenvalue weighted by Crippen LogP contribution is 2.22. The second kappa shape index (κ2) is 7.44. The highest BCUT2D eigenvalue weighted by Gasteiger charge is 2.27. The summed E-state index contributed by atoms with van der Waals surface area (Å²) in [4.78, 5) is 12.4. The third-order valence-electron chi connectivity index (χ3n) is 4.18. The lowest BCUT2D eigenvalue weighted by Crippen LogP contribution is -2.44. The summed E-state index contributed by atoms with van der Waals surface area (Å²) in [7, 11) is 0. The van der Waals surface area contributed by atoms with Gasteiger partial charge in [-0.05, 0) is 31.7 Å². The van der Waals surface area contributed by atoms with Gasteiger partial charge >= 0.3 is 0 Å². The summed E-state index contributed by atoms with van der Waals surface area (Å²) in [6, 6.07) is 10.5. The molecular weight excluding hydrogens is 248 g/mol. The van der Waals surface area contributed by atoms with Gasteiger partial charge in [0, 0.05) is 12.1 Å². The topological polar surface area (TPSA) is 55.1 Å². The molecule has 0 spiro atoms. The standard InChI is InChI=1S/C17H26N2O/c1-13(12-14-8-4-2-5-9-14)19-17(20)15-10-6-3-7-11-16(15)18/h2,4-5,8-9,13,15-16H,3,6-7,10-12,18H2,1H3,(H,19,20). The fourth-order valence-electron chi connectivity index (χ4n) is 3.03. The summed E-state index contributed by atoms with van der Waals surface area (Å²) < 4.78 is 0. The fourth-order valence-corrected chi connectivity index (χ4v) is 3.03. The predicted molar refractivity (Wildman–Crippen MR) is 82.3 cm³/mol. The Morgan fingerprint density at radius 2 is 1.95 bits per heavy atom. The van der Waals surface area contributed by atoms with Crippen LogP contribution in [-0.4, -0.2) is 18.0 Å².